The van der Waals surface area contributed by atoms with E-state index >= 15 is 0 Å². The molecule has 1 aromatic carbocycles. The molecule has 1 fully saturated rings. The van der Waals surface area contributed by atoms with Gasteiger partial charge in [-0.25, -0.2) is 4.39 Å². The van der Waals surface area contributed by atoms with Gasteiger partial charge in [-0.05, 0) is 13.0 Å². The molecule has 2 rings (SSSR count). The molecule has 110 valence electrons. The summed E-state index contributed by atoms with van der Waals surface area (Å²) in [5.41, 5.74) is 4.89. The van der Waals surface area contributed by atoms with Gasteiger partial charge in [-0.15, -0.1) is 0 Å². The molecule has 1 aromatic rings. The highest BCUT2D eigenvalue weighted by Gasteiger charge is 2.37. The van der Waals surface area contributed by atoms with Crippen molar-refractivity contribution in [3.05, 3.63) is 29.6 Å². The van der Waals surface area contributed by atoms with Gasteiger partial charge in [0.05, 0.1) is 13.7 Å². The van der Waals surface area contributed by atoms with Crippen LogP contribution in [0.4, 0.5) is 4.39 Å². The molecule has 1 saturated heterocycles. The van der Waals surface area contributed by atoms with Gasteiger partial charge in [0.15, 0.2) is 5.60 Å². The minimum Gasteiger partial charge on any atom is -0.497 e. The fourth-order valence-corrected chi connectivity index (χ4v) is 2.26. The molecule has 0 saturated carbocycles. The molecule has 1 atom stereocenters. The van der Waals surface area contributed by atoms with Crippen LogP contribution in [0.15, 0.2) is 18.2 Å². The van der Waals surface area contributed by atoms with E-state index in [2.05, 4.69) is 0 Å². The predicted molar refractivity (Wildman–Crippen MR) is 71.8 cm³/mol. The second-order valence-electron chi connectivity index (χ2n) is 5.11. The summed E-state index contributed by atoms with van der Waals surface area (Å²) in [7, 11) is 1.49. The molecule has 0 bridgehead atoms. The van der Waals surface area contributed by atoms with E-state index in [1.165, 1.54) is 13.2 Å². The van der Waals surface area contributed by atoms with Gasteiger partial charge in [0, 0.05) is 31.3 Å². The number of benzene rings is 1. The van der Waals surface area contributed by atoms with Crippen LogP contribution in [0.3, 0.4) is 0 Å². The molecule has 2 N–H and O–H groups in total. The maximum absolute atomic E-state index is 13.9. The second-order valence-corrected chi connectivity index (χ2v) is 5.11. The molecule has 0 aromatic heterocycles. The van der Waals surface area contributed by atoms with E-state index in [1.807, 2.05) is 4.90 Å². The number of hydrogen-bond acceptors (Lipinski definition) is 4. The lowest BCUT2D eigenvalue weighted by Gasteiger charge is -2.38. The first-order valence-electron chi connectivity index (χ1n) is 6.43. The Morgan fingerprint density at radius 3 is 2.95 bits per heavy atom. The van der Waals surface area contributed by atoms with Crippen molar-refractivity contribution in [3.8, 4) is 5.75 Å². The Morgan fingerprint density at radius 2 is 2.35 bits per heavy atom. The van der Waals surface area contributed by atoms with Crippen molar-refractivity contribution in [1.82, 2.24) is 4.90 Å². The Labute approximate surface area is 117 Å². The van der Waals surface area contributed by atoms with E-state index in [-0.39, 0.29) is 5.82 Å². The highest BCUT2D eigenvalue weighted by Crippen LogP contribution is 2.22. The van der Waals surface area contributed by atoms with Crippen molar-refractivity contribution in [3.63, 3.8) is 0 Å². The van der Waals surface area contributed by atoms with E-state index in [9.17, 15) is 9.18 Å². The van der Waals surface area contributed by atoms with Gasteiger partial charge in [-0.1, -0.05) is 6.07 Å². The average Bonchev–Trinajstić information content (AvgIpc) is 2.41. The summed E-state index contributed by atoms with van der Waals surface area (Å²) < 4.78 is 24.3. The third kappa shape index (κ3) is 3.08. The van der Waals surface area contributed by atoms with E-state index in [1.54, 1.807) is 19.1 Å². The van der Waals surface area contributed by atoms with Gasteiger partial charge in [0.1, 0.15) is 11.6 Å². The number of methoxy groups -OCH3 is 1. The quantitative estimate of drug-likeness (QED) is 0.891. The zero-order valence-corrected chi connectivity index (χ0v) is 11.7. The summed E-state index contributed by atoms with van der Waals surface area (Å²) in [4.78, 5) is 13.4. The van der Waals surface area contributed by atoms with Gasteiger partial charge < -0.3 is 15.2 Å². The first kappa shape index (κ1) is 14.7. The molecule has 1 unspecified atom stereocenters. The fourth-order valence-electron chi connectivity index (χ4n) is 2.26. The molecule has 0 radical (unpaired) electrons. The number of halogens is 1. The third-order valence-corrected chi connectivity index (χ3v) is 3.53. The SMILES string of the molecule is COc1ccc(CN2CCOC(C)(C(N)=O)C2)c(F)c1. The number of ether oxygens (including phenoxy) is 2. The third-order valence-electron chi connectivity index (χ3n) is 3.53. The molecule has 1 heterocycles. The van der Waals surface area contributed by atoms with Crippen LogP contribution in [-0.2, 0) is 16.1 Å². The van der Waals surface area contributed by atoms with Crippen LogP contribution < -0.4 is 10.5 Å². The molecular formula is C14H19FN2O3. The Morgan fingerprint density at radius 1 is 1.60 bits per heavy atom. The highest BCUT2D eigenvalue weighted by molar-refractivity contribution is 5.83. The summed E-state index contributed by atoms with van der Waals surface area (Å²) >= 11 is 0. The van der Waals surface area contributed by atoms with Crippen LogP contribution in [0.2, 0.25) is 0 Å². The van der Waals surface area contributed by atoms with E-state index in [0.29, 0.717) is 37.6 Å². The van der Waals surface area contributed by atoms with Crippen LogP contribution in [0.5, 0.6) is 5.75 Å². The number of amides is 1. The van der Waals surface area contributed by atoms with E-state index < -0.39 is 11.5 Å². The van der Waals surface area contributed by atoms with Gasteiger partial charge in [-0.3, -0.25) is 9.69 Å². The first-order chi connectivity index (χ1) is 9.44. The maximum Gasteiger partial charge on any atom is 0.250 e. The Bertz CT molecular complexity index is 509. The van der Waals surface area contributed by atoms with Gasteiger partial charge in [0.25, 0.3) is 5.91 Å². The van der Waals surface area contributed by atoms with Gasteiger partial charge >= 0.3 is 0 Å². The lowest BCUT2D eigenvalue weighted by molar-refractivity contribution is -0.153. The van der Waals surface area contributed by atoms with Crippen LogP contribution in [0.25, 0.3) is 0 Å². The molecule has 0 spiro atoms. The van der Waals surface area contributed by atoms with Crippen LogP contribution in [-0.4, -0.2) is 43.2 Å². The standard InChI is InChI=1S/C14H19FN2O3/c1-14(13(16)18)9-17(5-6-20-14)8-10-3-4-11(19-2)7-12(10)15/h3-4,7H,5-6,8-9H2,1-2H3,(H2,16,18). The van der Waals surface area contributed by atoms with Crippen molar-refractivity contribution in [2.24, 2.45) is 5.73 Å². The number of carbonyl (C=O) groups excluding carboxylic acids is 1. The summed E-state index contributed by atoms with van der Waals surface area (Å²) in [6.07, 6.45) is 0. The van der Waals surface area contributed by atoms with Crippen LogP contribution in [0.1, 0.15) is 12.5 Å². The number of primary amides is 1. The minimum atomic E-state index is -1.01. The number of rotatable bonds is 4. The fraction of sp³-hybridized carbons (Fsp3) is 0.500. The number of hydrogen-bond donors (Lipinski definition) is 1. The van der Waals surface area contributed by atoms with Gasteiger partial charge in [0.2, 0.25) is 0 Å². The largest absolute Gasteiger partial charge is 0.497 e. The predicted octanol–water partition coefficient (Wildman–Crippen LogP) is 0.910. The molecule has 0 aliphatic carbocycles. The van der Waals surface area contributed by atoms with Crippen molar-refractivity contribution in [2.45, 2.75) is 19.1 Å². The minimum absolute atomic E-state index is 0.323. The summed E-state index contributed by atoms with van der Waals surface area (Å²) in [6, 6.07) is 4.75. The Balaban J connectivity index is 2.08. The number of carbonyl (C=O) groups is 1. The maximum atomic E-state index is 13.9. The zero-order chi connectivity index (χ0) is 14.8. The molecule has 1 amide bonds. The number of morpholine rings is 1. The molecule has 5 nitrogen and oxygen atoms in total. The zero-order valence-electron chi connectivity index (χ0n) is 11.7. The Hall–Kier alpha value is -1.66. The molecule has 6 heteroatoms. The second kappa shape index (κ2) is 5.76. The van der Waals surface area contributed by atoms with E-state index in [4.69, 9.17) is 15.2 Å². The van der Waals surface area contributed by atoms with Crippen LogP contribution >= 0.6 is 0 Å². The van der Waals surface area contributed by atoms with Crippen molar-refractivity contribution >= 4 is 5.91 Å². The van der Waals surface area contributed by atoms with E-state index in [0.717, 1.165) is 0 Å². The molecule has 20 heavy (non-hydrogen) atoms. The normalized spacial score (nSPS) is 23.6. The monoisotopic (exact) mass is 282 g/mol. The molecule has 1 aliphatic rings. The van der Waals surface area contributed by atoms with Crippen molar-refractivity contribution in [1.29, 1.82) is 0 Å². The number of nitrogens with two attached hydrogens (primary N) is 1. The topological polar surface area (TPSA) is 64.8 Å². The van der Waals surface area contributed by atoms with Crippen molar-refractivity contribution < 1.29 is 18.7 Å². The summed E-state index contributed by atoms with van der Waals surface area (Å²) in [6.45, 7) is 3.45. The van der Waals surface area contributed by atoms with Crippen molar-refractivity contribution in [2.75, 3.05) is 26.8 Å². The molecular weight excluding hydrogens is 263 g/mol. The van der Waals surface area contributed by atoms with Gasteiger partial charge in [-0.2, -0.15) is 0 Å². The summed E-state index contributed by atoms with van der Waals surface area (Å²) in [5, 5.41) is 0. The smallest absolute Gasteiger partial charge is 0.250 e. The lowest BCUT2D eigenvalue weighted by Crippen LogP contribution is -2.56. The summed E-state index contributed by atoms with van der Waals surface area (Å²) in [5.74, 6) is -0.343. The highest BCUT2D eigenvalue weighted by atomic mass is 19.1. The Kier molecular flexibility index (Phi) is 4.25. The lowest BCUT2D eigenvalue weighted by atomic mass is 10.0. The van der Waals surface area contributed by atoms with Crippen LogP contribution in [0, 0.1) is 5.82 Å². The first-order valence-corrected chi connectivity index (χ1v) is 6.43. The molecule has 1 aliphatic heterocycles. The average molecular weight is 282 g/mol. The number of nitrogens with zero attached hydrogens (tertiary/aromatic N) is 1.